The number of aromatic nitrogens is 2. The highest BCUT2D eigenvalue weighted by Gasteiger charge is 2.36. The van der Waals surface area contributed by atoms with Gasteiger partial charge in [-0.1, -0.05) is 29.8 Å². The van der Waals surface area contributed by atoms with Crippen LogP contribution in [-0.4, -0.2) is 33.1 Å². The van der Waals surface area contributed by atoms with E-state index in [9.17, 15) is 14.7 Å². The first-order valence-corrected chi connectivity index (χ1v) is 8.81. The Morgan fingerprint density at radius 3 is 2.46 bits per heavy atom. The maximum atomic E-state index is 12.9. The summed E-state index contributed by atoms with van der Waals surface area (Å²) < 4.78 is 1.65. The molecule has 0 aliphatic carbocycles. The maximum Gasteiger partial charge on any atom is 0.331 e. The summed E-state index contributed by atoms with van der Waals surface area (Å²) in [4.78, 5) is 26.1. The van der Waals surface area contributed by atoms with Gasteiger partial charge in [-0.3, -0.25) is 4.79 Å². The number of nitrogens with zero attached hydrogens (tertiary/aromatic N) is 3. The Bertz CT molecular complexity index is 1060. The quantitative estimate of drug-likeness (QED) is 0.668. The predicted molar refractivity (Wildman–Crippen MR) is 105 cm³/mol. The third kappa shape index (κ3) is 3.40. The number of aliphatic hydroxyl groups is 1. The highest BCUT2D eigenvalue weighted by Crippen LogP contribution is 2.24. The molecule has 0 bridgehead atoms. The van der Waals surface area contributed by atoms with Gasteiger partial charge in [0.05, 0.1) is 23.1 Å². The molecule has 0 saturated carbocycles. The van der Waals surface area contributed by atoms with Crippen LogP contribution >= 0.6 is 11.6 Å². The molecule has 7 nitrogen and oxygen atoms in total. The van der Waals surface area contributed by atoms with Gasteiger partial charge in [0.1, 0.15) is 0 Å². The highest BCUT2D eigenvalue weighted by molar-refractivity contribution is 6.31. The van der Waals surface area contributed by atoms with E-state index in [1.54, 1.807) is 41.3 Å². The molecule has 3 aromatic rings. The summed E-state index contributed by atoms with van der Waals surface area (Å²) in [6.45, 7) is 0. The second kappa shape index (κ2) is 7.30. The standard InChI is InChI=1S/C20H15ClN4O3/c21-14-6-8-16(9-7-14)25-19(27)17(18(26)23-20(25)28)10-13-11-22-24(12-13)15-4-2-1-3-5-15/h1-12,18,26H,(H,23,28)/b17-10+. The van der Waals surface area contributed by atoms with Gasteiger partial charge in [-0.05, 0) is 42.5 Å². The molecule has 1 atom stereocenters. The Morgan fingerprint density at radius 2 is 1.75 bits per heavy atom. The summed E-state index contributed by atoms with van der Waals surface area (Å²) in [7, 11) is 0. The molecule has 1 fully saturated rings. The number of hydrogen-bond donors (Lipinski definition) is 2. The van der Waals surface area contributed by atoms with E-state index in [2.05, 4.69) is 10.4 Å². The average molecular weight is 395 g/mol. The summed E-state index contributed by atoms with van der Waals surface area (Å²) in [6.07, 6.45) is 3.39. The maximum absolute atomic E-state index is 12.9. The molecule has 1 saturated heterocycles. The van der Waals surface area contributed by atoms with Crippen LogP contribution < -0.4 is 10.2 Å². The van der Waals surface area contributed by atoms with Crippen molar-refractivity contribution in [3.8, 4) is 5.69 Å². The van der Waals surface area contributed by atoms with Crippen LogP contribution in [0.4, 0.5) is 10.5 Å². The third-order valence-corrected chi connectivity index (χ3v) is 4.49. The minimum atomic E-state index is -1.41. The molecular weight excluding hydrogens is 380 g/mol. The van der Waals surface area contributed by atoms with Gasteiger partial charge in [0.25, 0.3) is 5.91 Å². The van der Waals surface area contributed by atoms with Crippen molar-refractivity contribution in [2.45, 2.75) is 6.23 Å². The number of halogens is 1. The zero-order valence-electron chi connectivity index (χ0n) is 14.5. The summed E-state index contributed by atoms with van der Waals surface area (Å²) in [5.41, 5.74) is 1.85. The lowest BCUT2D eigenvalue weighted by Crippen LogP contribution is -2.56. The Labute approximate surface area is 165 Å². The number of urea groups is 1. The van der Waals surface area contributed by atoms with Crippen molar-refractivity contribution >= 4 is 35.3 Å². The van der Waals surface area contributed by atoms with Gasteiger partial charge in [-0.25, -0.2) is 14.4 Å². The summed E-state index contributed by atoms with van der Waals surface area (Å²) in [6, 6.07) is 15.0. The van der Waals surface area contributed by atoms with E-state index in [0.29, 0.717) is 16.3 Å². The van der Waals surface area contributed by atoms with Crippen molar-refractivity contribution in [3.05, 3.63) is 83.2 Å². The number of anilines is 1. The normalized spacial score (nSPS) is 18.4. The highest BCUT2D eigenvalue weighted by atomic mass is 35.5. The van der Waals surface area contributed by atoms with Crippen LogP contribution in [-0.2, 0) is 4.79 Å². The van der Waals surface area contributed by atoms with Gasteiger partial charge < -0.3 is 10.4 Å². The number of aliphatic hydroxyl groups excluding tert-OH is 1. The minimum absolute atomic E-state index is 0.0298. The first kappa shape index (κ1) is 18.0. The Balaban J connectivity index is 1.66. The fourth-order valence-electron chi connectivity index (χ4n) is 2.88. The van der Waals surface area contributed by atoms with E-state index in [1.165, 1.54) is 6.08 Å². The summed E-state index contributed by atoms with van der Waals surface area (Å²) >= 11 is 5.87. The molecule has 2 N–H and O–H groups in total. The van der Waals surface area contributed by atoms with Crippen LogP contribution in [0.15, 0.2) is 72.6 Å². The van der Waals surface area contributed by atoms with Crippen molar-refractivity contribution in [1.29, 1.82) is 0 Å². The monoisotopic (exact) mass is 394 g/mol. The summed E-state index contributed by atoms with van der Waals surface area (Å²) in [5.74, 6) is -0.619. The molecular formula is C20H15ClN4O3. The number of imide groups is 1. The third-order valence-electron chi connectivity index (χ3n) is 4.24. The number of carbonyl (C=O) groups is 2. The van der Waals surface area contributed by atoms with Gasteiger partial charge in [0, 0.05) is 16.8 Å². The van der Waals surface area contributed by atoms with Crippen molar-refractivity contribution in [2.75, 3.05) is 4.90 Å². The molecule has 1 unspecified atom stereocenters. The molecule has 1 aliphatic heterocycles. The van der Waals surface area contributed by atoms with E-state index >= 15 is 0 Å². The van der Waals surface area contributed by atoms with E-state index in [-0.39, 0.29) is 5.57 Å². The van der Waals surface area contributed by atoms with Crippen molar-refractivity contribution in [3.63, 3.8) is 0 Å². The second-order valence-electron chi connectivity index (χ2n) is 6.12. The zero-order chi connectivity index (χ0) is 19.7. The molecule has 2 aromatic carbocycles. The van der Waals surface area contributed by atoms with Gasteiger partial charge >= 0.3 is 6.03 Å². The number of benzene rings is 2. The van der Waals surface area contributed by atoms with Gasteiger partial charge in [-0.2, -0.15) is 5.10 Å². The number of amides is 3. The Hall–Kier alpha value is -3.42. The zero-order valence-corrected chi connectivity index (χ0v) is 15.2. The molecule has 8 heteroatoms. The minimum Gasteiger partial charge on any atom is -0.369 e. The molecule has 0 radical (unpaired) electrons. The fourth-order valence-corrected chi connectivity index (χ4v) is 3.00. The predicted octanol–water partition coefficient (Wildman–Crippen LogP) is 2.98. The van der Waals surface area contributed by atoms with Crippen LogP contribution in [0.2, 0.25) is 5.02 Å². The SMILES string of the molecule is O=C1NC(O)/C(=C\c2cnn(-c3ccccc3)c2)C(=O)N1c1ccc(Cl)cc1. The van der Waals surface area contributed by atoms with Crippen molar-refractivity contribution in [1.82, 2.24) is 15.1 Å². The van der Waals surface area contributed by atoms with Crippen LogP contribution in [0, 0.1) is 0 Å². The molecule has 28 heavy (non-hydrogen) atoms. The smallest absolute Gasteiger partial charge is 0.331 e. The topological polar surface area (TPSA) is 87.5 Å². The molecule has 2 heterocycles. The summed E-state index contributed by atoms with van der Waals surface area (Å²) in [5, 5.41) is 17.3. The van der Waals surface area contributed by atoms with E-state index in [1.807, 2.05) is 30.3 Å². The molecule has 0 spiro atoms. The van der Waals surface area contributed by atoms with Gasteiger partial charge in [0.2, 0.25) is 0 Å². The fraction of sp³-hybridized carbons (Fsp3) is 0.0500. The van der Waals surface area contributed by atoms with Crippen LogP contribution in [0.1, 0.15) is 5.56 Å². The lowest BCUT2D eigenvalue weighted by atomic mass is 10.1. The van der Waals surface area contributed by atoms with Crippen LogP contribution in [0.25, 0.3) is 11.8 Å². The number of nitrogens with one attached hydrogen (secondary N) is 1. The van der Waals surface area contributed by atoms with Crippen molar-refractivity contribution < 1.29 is 14.7 Å². The number of carbonyl (C=O) groups excluding carboxylic acids is 2. The van der Waals surface area contributed by atoms with E-state index in [0.717, 1.165) is 10.6 Å². The number of rotatable bonds is 3. The molecule has 4 rings (SSSR count). The molecule has 1 aliphatic rings. The van der Waals surface area contributed by atoms with Crippen LogP contribution in [0.5, 0.6) is 0 Å². The largest absolute Gasteiger partial charge is 0.369 e. The van der Waals surface area contributed by atoms with Gasteiger partial charge in [0.15, 0.2) is 6.23 Å². The van der Waals surface area contributed by atoms with Crippen LogP contribution in [0.3, 0.4) is 0 Å². The molecule has 3 amide bonds. The van der Waals surface area contributed by atoms with Gasteiger partial charge in [-0.15, -0.1) is 0 Å². The Morgan fingerprint density at radius 1 is 1.04 bits per heavy atom. The van der Waals surface area contributed by atoms with Crippen molar-refractivity contribution in [2.24, 2.45) is 0 Å². The Kier molecular flexibility index (Phi) is 4.68. The molecule has 140 valence electrons. The number of para-hydroxylation sites is 1. The first-order chi connectivity index (χ1) is 13.5. The molecule has 1 aromatic heterocycles. The second-order valence-corrected chi connectivity index (χ2v) is 6.56. The van der Waals surface area contributed by atoms with E-state index < -0.39 is 18.2 Å². The average Bonchev–Trinajstić information content (AvgIpc) is 3.16. The first-order valence-electron chi connectivity index (χ1n) is 8.43. The lowest BCUT2D eigenvalue weighted by molar-refractivity contribution is -0.116. The number of hydrogen-bond acceptors (Lipinski definition) is 4. The van der Waals surface area contributed by atoms with E-state index in [4.69, 9.17) is 11.6 Å². The lowest BCUT2D eigenvalue weighted by Gasteiger charge is -2.30.